The molecule has 31 heavy (non-hydrogen) atoms. The number of H-pyrrole nitrogens is 1. The van der Waals surface area contributed by atoms with Gasteiger partial charge in [0.05, 0.1) is 12.8 Å². The topological polar surface area (TPSA) is 79.4 Å². The molecule has 1 heterocycles. The molecule has 0 atom stereocenters. The zero-order chi connectivity index (χ0) is 22.6. The van der Waals surface area contributed by atoms with E-state index in [1.165, 1.54) is 22.1 Å². The number of rotatable bonds is 3. The molecule has 0 saturated heterocycles. The number of nitrogens with one attached hydrogen (secondary N) is 1. The van der Waals surface area contributed by atoms with Gasteiger partial charge in [-0.1, -0.05) is 60.7 Å². The molecule has 3 aromatic carbocycles. The van der Waals surface area contributed by atoms with Gasteiger partial charge in [0.1, 0.15) is 5.75 Å². The largest absolute Gasteiger partial charge is 0.522 e. The van der Waals surface area contributed by atoms with Gasteiger partial charge >= 0.3 is 15.6 Å². The smallest absolute Gasteiger partial charge is 0.497 e. The van der Waals surface area contributed by atoms with Crippen LogP contribution in [0.5, 0.6) is 5.75 Å². The molecule has 2 N–H and O–H groups in total. The third-order valence-corrected chi connectivity index (χ3v) is 5.02. The van der Waals surface area contributed by atoms with E-state index in [1.807, 2.05) is 18.2 Å². The van der Waals surface area contributed by atoms with Crippen LogP contribution < -0.4 is 4.74 Å². The van der Waals surface area contributed by atoms with Crippen molar-refractivity contribution < 1.29 is 30.9 Å². The van der Waals surface area contributed by atoms with Gasteiger partial charge in [-0.25, -0.2) is 0 Å². The highest BCUT2D eigenvalue weighted by molar-refractivity contribution is 7.86. The Morgan fingerprint density at radius 1 is 0.839 bits per heavy atom. The first kappa shape index (κ1) is 22.4. The van der Waals surface area contributed by atoms with Crippen LogP contribution in [0.1, 0.15) is 0 Å². The Kier molecular flexibility index (Phi) is 6.37. The predicted molar refractivity (Wildman–Crippen MR) is 113 cm³/mol. The Morgan fingerprint density at radius 3 is 1.94 bits per heavy atom. The van der Waals surface area contributed by atoms with Crippen molar-refractivity contribution in [3.05, 3.63) is 78.9 Å². The zero-order valence-corrected chi connectivity index (χ0v) is 17.0. The maximum Gasteiger partial charge on any atom is 0.522 e. The second-order valence-corrected chi connectivity index (χ2v) is 7.85. The summed E-state index contributed by atoms with van der Waals surface area (Å²) < 4.78 is 62.8. The lowest BCUT2D eigenvalue weighted by Crippen LogP contribution is -2.21. The van der Waals surface area contributed by atoms with Gasteiger partial charge in [0.15, 0.2) is 0 Å². The normalized spacial score (nSPS) is 11.6. The second-order valence-electron chi connectivity index (χ2n) is 6.44. The van der Waals surface area contributed by atoms with Crippen LogP contribution in [0, 0.1) is 0 Å². The third kappa shape index (κ3) is 5.07. The minimum atomic E-state index is -5.84. The first-order valence-electron chi connectivity index (χ1n) is 8.96. The van der Waals surface area contributed by atoms with E-state index in [0.717, 1.165) is 17.0 Å². The van der Waals surface area contributed by atoms with E-state index < -0.39 is 15.6 Å². The van der Waals surface area contributed by atoms with Gasteiger partial charge in [0, 0.05) is 16.5 Å². The Balaban J connectivity index is 0.000000293. The van der Waals surface area contributed by atoms with Crippen molar-refractivity contribution in [3.63, 3.8) is 0 Å². The van der Waals surface area contributed by atoms with Gasteiger partial charge in [0.25, 0.3) is 0 Å². The number of fused-ring (bicyclic) bond motifs is 1. The van der Waals surface area contributed by atoms with Crippen LogP contribution in [0.25, 0.3) is 33.3 Å². The Morgan fingerprint density at radius 2 is 1.39 bits per heavy atom. The van der Waals surface area contributed by atoms with Gasteiger partial charge in [-0.05, 0) is 29.3 Å². The van der Waals surface area contributed by atoms with E-state index >= 15 is 0 Å². The van der Waals surface area contributed by atoms with Crippen LogP contribution in [0.2, 0.25) is 0 Å². The van der Waals surface area contributed by atoms with Crippen LogP contribution in [0.15, 0.2) is 78.9 Å². The minimum absolute atomic E-state index is 0.870. The number of methoxy groups -OCH3 is 1. The van der Waals surface area contributed by atoms with Crippen molar-refractivity contribution in [2.24, 2.45) is 0 Å². The maximum absolute atomic E-state index is 10.7. The summed E-state index contributed by atoms with van der Waals surface area (Å²) in [6, 6.07) is 27.1. The lowest BCUT2D eigenvalue weighted by atomic mass is 9.98. The molecule has 0 unspecified atom stereocenters. The molecule has 1 aromatic heterocycles. The van der Waals surface area contributed by atoms with E-state index in [2.05, 4.69) is 65.6 Å². The van der Waals surface area contributed by atoms with Crippen molar-refractivity contribution in [1.29, 1.82) is 0 Å². The van der Waals surface area contributed by atoms with Crippen molar-refractivity contribution in [2.45, 2.75) is 5.51 Å². The predicted octanol–water partition coefficient (Wildman–Crippen LogP) is 5.90. The first-order valence-corrected chi connectivity index (χ1v) is 10.4. The number of halogens is 3. The Labute approximate surface area is 176 Å². The average molecular weight is 449 g/mol. The van der Waals surface area contributed by atoms with Crippen LogP contribution in [0.3, 0.4) is 0 Å². The highest BCUT2D eigenvalue weighted by Gasteiger charge is 2.44. The molecule has 0 amide bonds. The van der Waals surface area contributed by atoms with E-state index in [1.54, 1.807) is 7.11 Å². The van der Waals surface area contributed by atoms with Gasteiger partial charge in [-0.15, -0.1) is 0 Å². The molecule has 9 heteroatoms. The fourth-order valence-corrected chi connectivity index (χ4v) is 3.02. The van der Waals surface area contributed by atoms with Crippen molar-refractivity contribution in [3.8, 4) is 28.1 Å². The second kappa shape index (κ2) is 8.83. The number of para-hydroxylation sites is 1. The molecule has 0 saturated carbocycles. The van der Waals surface area contributed by atoms with E-state index in [9.17, 15) is 13.2 Å². The number of alkyl halides is 3. The number of aromatic amines is 1. The molecule has 0 aliphatic heterocycles. The van der Waals surface area contributed by atoms with E-state index in [0.29, 0.717) is 0 Å². The highest BCUT2D eigenvalue weighted by atomic mass is 32.2. The summed E-state index contributed by atoms with van der Waals surface area (Å²) in [7, 11) is -4.15. The average Bonchev–Trinajstić information content (AvgIpc) is 3.13. The van der Waals surface area contributed by atoms with Crippen molar-refractivity contribution in [2.75, 3.05) is 7.11 Å². The fraction of sp³-hybridized carbons (Fsp3) is 0.0909. The highest BCUT2D eigenvalue weighted by Crippen LogP contribution is 2.38. The molecule has 4 aromatic rings. The lowest BCUT2D eigenvalue weighted by Gasteiger charge is -2.07. The summed E-state index contributed by atoms with van der Waals surface area (Å²) in [4.78, 5) is 3.58. The summed E-state index contributed by atoms with van der Waals surface area (Å²) in [6.07, 6.45) is 0. The monoisotopic (exact) mass is 449 g/mol. The number of ether oxygens (including phenoxy) is 1. The van der Waals surface area contributed by atoms with Crippen LogP contribution in [-0.2, 0) is 10.1 Å². The van der Waals surface area contributed by atoms with Gasteiger partial charge in [-0.2, -0.15) is 21.6 Å². The maximum atomic E-state index is 10.7. The van der Waals surface area contributed by atoms with Crippen LogP contribution >= 0.6 is 0 Å². The summed E-state index contributed by atoms with van der Waals surface area (Å²) in [5, 5.41) is 1.23. The minimum Gasteiger partial charge on any atom is -0.497 e. The molecule has 0 fully saturated rings. The van der Waals surface area contributed by atoms with E-state index in [4.69, 9.17) is 17.7 Å². The number of benzene rings is 3. The SMILES string of the molecule is COc1ccc(-c2c(-c3ccccc3)[nH]c3ccccc23)cc1.O=S(=O)(O)C(F)(F)F. The van der Waals surface area contributed by atoms with Gasteiger partial charge in [-0.3, -0.25) is 4.55 Å². The lowest BCUT2D eigenvalue weighted by molar-refractivity contribution is -0.0510. The van der Waals surface area contributed by atoms with E-state index in [-0.39, 0.29) is 0 Å². The Hall–Kier alpha value is -3.30. The summed E-state index contributed by atoms with van der Waals surface area (Å²) in [6.45, 7) is 0. The van der Waals surface area contributed by atoms with Crippen LogP contribution in [0.4, 0.5) is 13.2 Å². The molecule has 0 aliphatic rings. The number of aromatic nitrogens is 1. The number of hydrogen-bond donors (Lipinski definition) is 2. The van der Waals surface area contributed by atoms with Gasteiger partial charge < -0.3 is 9.72 Å². The molecular formula is C22H18F3NO4S. The molecule has 4 rings (SSSR count). The molecular weight excluding hydrogens is 431 g/mol. The fourth-order valence-electron chi connectivity index (χ4n) is 3.02. The van der Waals surface area contributed by atoms with Gasteiger partial charge in [0.2, 0.25) is 0 Å². The van der Waals surface area contributed by atoms with Crippen molar-refractivity contribution >= 4 is 21.0 Å². The molecule has 0 bridgehead atoms. The molecule has 0 aliphatic carbocycles. The first-order chi connectivity index (χ1) is 14.6. The molecule has 0 spiro atoms. The molecule has 0 radical (unpaired) electrons. The zero-order valence-electron chi connectivity index (χ0n) is 16.2. The number of hydrogen-bond acceptors (Lipinski definition) is 3. The third-order valence-electron chi connectivity index (χ3n) is 4.44. The standard InChI is InChI=1S/C21H17NO.CHF3O3S/c1-23-17-13-11-15(12-14-17)20-18-9-5-6-10-19(18)22-21(20)16-7-3-2-4-8-16;2-1(3,4)8(5,6)7/h2-14,22H,1H3;(H,5,6,7). The molecule has 5 nitrogen and oxygen atoms in total. The van der Waals surface area contributed by atoms with Crippen molar-refractivity contribution in [1.82, 2.24) is 4.98 Å². The molecule has 162 valence electrons. The Bertz CT molecular complexity index is 1270. The quantitative estimate of drug-likeness (QED) is 0.301. The van der Waals surface area contributed by atoms with Crippen LogP contribution in [-0.4, -0.2) is 30.6 Å². The summed E-state index contributed by atoms with van der Waals surface area (Å²) in [5.41, 5.74) is 0.368. The summed E-state index contributed by atoms with van der Waals surface area (Å²) >= 11 is 0. The summed E-state index contributed by atoms with van der Waals surface area (Å²) in [5.74, 6) is 0.870.